The minimum Gasteiger partial charge on any atom is -0.381 e. The van der Waals surface area contributed by atoms with Gasteiger partial charge in [-0.2, -0.15) is 13.2 Å². The van der Waals surface area contributed by atoms with Crippen LogP contribution in [-0.4, -0.2) is 54.5 Å². The van der Waals surface area contributed by atoms with Crippen LogP contribution in [0, 0.1) is 5.92 Å². The maximum atomic E-state index is 12.7. The lowest BCUT2D eigenvalue weighted by Crippen LogP contribution is -2.53. The molecular weight excluding hydrogens is 327 g/mol. The Morgan fingerprint density at radius 1 is 1.33 bits per heavy atom. The van der Waals surface area contributed by atoms with Crippen LogP contribution in [0.1, 0.15) is 12.1 Å². The number of nitrogens with zero attached hydrogens (tertiary/aromatic N) is 3. The number of anilines is 1. The van der Waals surface area contributed by atoms with E-state index in [1.165, 1.54) is 15.9 Å². The summed E-state index contributed by atoms with van der Waals surface area (Å²) in [6, 6.07) is 2.20. The lowest BCUT2D eigenvalue weighted by molar-refractivity contribution is -0.141. The van der Waals surface area contributed by atoms with Crippen LogP contribution in [0.3, 0.4) is 0 Å². The van der Waals surface area contributed by atoms with Gasteiger partial charge in [0.05, 0.1) is 12.5 Å². The first-order valence-electron chi connectivity index (χ1n) is 7.56. The van der Waals surface area contributed by atoms with Crippen molar-refractivity contribution in [3.05, 3.63) is 24.0 Å². The molecule has 1 atom stereocenters. The van der Waals surface area contributed by atoms with E-state index >= 15 is 0 Å². The van der Waals surface area contributed by atoms with Crippen LogP contribution in [0.2, 0.25) is 0 Å². The second-order valence-electron chi connectivity index (χ2n) is 5.76. The monoisotopic (exact) mass is 343 g/mol. The highest BCUT2D eigenvalue weighted by molar-refractivity contribution is 5.98. The van der Waals surface area contributed by atoms with Gasteiger partial charge in [0, 0.05) is 31.6 Å². The molecule has 9 heteroatoms. The molecule has 0 radical (unpaired) electrons. The minimum atomic E-state index is -4.57. The van der Waals surface area contributed by atoms with Crippen molar-refractivity contribution in [2.24, 2.45) is 5.92 Å². The summed E-state index contributed by atoms with van der Waals surface area (Å²) in [5, 5.41) is 0. The fraction of sp³-hybridized carbons (Fsp3) is 0.533. The summed E-state index contributed by atoms with van der Waals surface area (Å²) in [5.74, 6) is -0.777. The molecule has 1 aromatic heterocycles. The highest BCUT2D eigenvalue weighted by Gasteiger charge is 2.36. The summed E-state index contributed by atoms with van der Waals surface area (Å²) in [6.45, 7) is 1.18. The largest absolute Gasteiger partial charge is 0.433 e. The van der Waals surface area contributed by atoms with Crippen molar-refractivity contribution in [1.29, 1.82) is 0 Å². The number of rotatable bonds is 2. The Balaban J connectivity index is 1.70. The van der Waals surface area contributed by atoms with E-state index in [0.717, 1.165) is 12.3 Å². The zero-order chi connectivity index (χ0) is 17.3. The Bertz CT molecular complexity index is 644. The number of halogens is 3. The van der Waals surface area contributed by atoms with Gasteiger partial charge in [-0.3, -0.25) is 14.6 Å². The Morgan fingerprint density at radius 2 is 2.12 bits per heavy atom. The van der Waals surface area contributed by atoms with Gasteiger partial charge in [0.2, 0.25) is 11.8 Å². The van der Waals surface area contributed by atoms with Gasteiger partial charge >= 0.3 is 6.18 Å². The minimum absolute atomic E-state index is 0.133. The molecular formula is C15H16F3N3O3. The first-order chi connectivity index (χ1) is 11.4. The summed E-state index contributed by atoms with van der Waals surface area (Å²) in [6.07, 6.45) is -2.91. The summed E-state index contributed by atoms with van der Waals surface area (Å²) in [7, 11) is 0. The fourth-order valence-electron chi connectivity index (χ4n) is 2.86. The third-order valence-electron chi connectivity index (χ3n) is 4.16. The first-order valence-corrected chi connectivity index (χ1v) is 7.56. The Labute approximate surface area is 136 Å². The van der Waals surface area contributed by atoms with E-state index in [1.54, 1.807) is 0 Å². The predicted octanol–water partition coefficient (Wildman–Crippen LogP) is 1.31. The molecule has 0 aromatic carbocycles. The van der Waals surface area contributed by atoms with Crippen LogP contribution in [0.15, 0.2) is 18.3 Å². The van der Waals surface area contributed by atoms with Crippen molar-refractivity contribution >= 4 is 17.5 Å². The molecule has 6 nitrogen and oxygen atoms in total. The van der Waals surface area contributed by atoms with E-state index < -0.39 is 17.8 Å². The second kappa shape index (κ2) is 6.39. The van der Waals surface area contributed by atoms with E-state index in [2.05, 4.69) is 4.98 Å². The molecule has 2 fully saturated rings. The number of aromatic nitrogens is 1. The van der Waals surface area contributed by atoms with E-state index in [4.69, 9.17) is 4.74 Å². The Morgan fingerprint density at radius 3 is 2.75 bits per heavy atom. The summed E-state index contributed by atoms with van der Waals surface area (Å²) < 4.78 is 43.4. The number of piperazine rings is 1. The third-order valence-corrected chi connectivity index (χ3v) is 4.16. The zero-order valence-electron chi connectivity index (χ0n) is 12.8. The van der Waals surface area contributed by atoms with Crippen LogP contribution in [-0.2, 0) is 20.5 Å². The van der Waals surface area contributed by atoms with Gasteiger partial charge in [0.15, 0.2) is 0 Å². The van der Waals surface area contributed by atoms with E-state index in [9.17, 15) is 22.8 Å². The number of hydrogen-bond acceptors (Lipinski definition) is 4. The summed E-state index contributed by atoms with van der Waals surface area (Å²) >= 11 is 0. The van der Waals surface area contributed by atoms with Crippen molar-refractivity contribution in [3.8, 4) is 0 Å². The molecule has 1 aromatic rings. The third kappa shape index (κ3) is 3.35. The number of alkyl halides is 3. The molecule has 2 amide bonds. The zero-order valence-corrected chi connectivity index (χ0v) is 12.8. The molecule has 0 saturated carbocycles. The van der Waals surface area contributed by atoms with Gasteiger partial charge in [-0.15, -0.1) is 0 Å². The topological polar surface area (TPSA) is 62.7 Å². The average molecular weight is 343 g/mol. The number of pyridine rings is 1. The quantitative estimate of drug-likeness (QED) is 0.812. The smallest absolute Gasteiger partial charge is 0.381 e. The average Bonchev–Trinajstić information content (AvgIpc) is 3.08. The molecule has 3 rings (SSSR count). The summed E-state index contributed by atoms with van der Waals surface area (Å²) in [4.78, 5) is 30.6. The first kappa shape index (κ1) is 16.7. The maximum Gasteiger partial charge on any atom is 0.433 e. The number of ether oxygens (including phenoxy) is 1. The van der Waals surface area contributed by atoms with Gasteiger partial charge in [-0.05, 0) is 18.6 Å². The second-order valence-corrected chi connectivity index (χ2v) is 5.76. The van der Waals surface area contributed by atoms with Crippen molar-refractivity contribution in [2.45, 2.75) is 12.6 Å². The van der Waals surface area contributed by atoms with Crippen molar-refractivity contribution < 1.29 is 27.5 Å². The van der Waals surface area contributed by atoms with Crippen LogP contribution >= 0.6 is 0 Å². The number of hydrogen-bond donors (Lipinski definition) is 0. The number of amides is 2. The van der Waals surface area contributed by atoms with Gasteiger partial charge < -0.3 is 14.5 Å². The molecule has 0 N–H and O–H groups in total. The Kier molecular flexibility index (Phi) is 4.44. The standard InChI is InChI=1S/C15H16F3N3O3/c16-15(17,18)12-7-11(1-3-19-12)21-5-4-20(8-13(21)22)14(23)10-2-6-24-9-10/h1,3,7,10H,2,4-6,8-9H2. The van der Waals surface area contributed by atoms with Gasteiger partial charge in [0.1, 0.15) is 12.2 Å². The molecule has 2 aliphatic rings. The number of carbonyl (C=O) groups is 2. The molecule has 24 heavy (non-hydrogen) atoms. The van der Waals surface area contributed by atoms with Gasteiger partial charge in [-0.1, -0.05) is 0 Å². The predicted molar refractivity (Wildman–Crippen MR) is 77.1 cm³/mol. The van der Waals surface area contributed by atoms with Crippen LogP contribution in [0.4, 0.5) is 18.9 Å². The van der Waals surface area contributed by atoms with Crippen molar-refractivity contribution in [3.63, 3.8) is 0 Å². The van der Waals surface area contributed by atoms with Crippen molar-refractivity contribution in [2.75, 3.05) is 37.7 Å². The molecule has 2 saturated heterocycles. The molecule has 0 aliphatic carbocycles. The van der Waals surface area contributed by atoms with Crippen LogP contribution in [0.25, 0.3) is 0 Å². The van der Waals surface area contributed by atoms with Gasteiger partial charge in [-0.25, -0.2) is 0 Å². The summed E-state index contributed by atoms with van der Waals surface area (Å²) in [5.41, 5.74) is -0.909. The molecule has 0 bridgehead atoms. The highest BCUT2D eigenvalue weighted by Crippen LogP contribution is 2.30. The van der Waals surface area contributed by atoms with E-state index in [1.807, 2.05) is 0 Å². The molecule has 1 unspecified atom stereocenters. The van der Waals surface area contributed by atoms with Crippen molar-refractivity contribution in [1.82, 2.24) is 9.88 Å². The molecule has 130 valence electrons. The molecule has 2 aliphatic heterocycles. The normalized spacial score (nSPS) is 22.1. The van der Waals surface area contributed by atoms with Crippen LogP contribution in [0.5, 0.6) is 0 Å². The molecule has 0 spiro atoms. The number of carbonyl (C=O) groups excluding carboxylic acids is 2. The van der Waals surface area contributed by atoms with E-state index in [-0.39, 0.29) is 37.1 Å². The van der Waals surface area contributed by atoms with Gasteiger partial charge in [0.25, 0.3) is 0 Å². The SMILES string of the molecule is O=C(C1CCOC1)N1CCN(c2ccnc(C(F)(F)F)c2)C(=O)C1. The maximum absolute atomic E-state index is 12.7. The highest BCUT2D eigenvalue weighted by atomic mass is 19.4. The fourth-order valence-corrected chi connectivity index (χ4v) is 2.86. The Hall–Kier alpha value is -2.16. The van der Waals surface area contributed by atoms with Crippen LogP contribution < -0.4 is 4.90 Å². The lowest BCUT2D eigenvalue weighted by Gasteiger charge is -2.35. The molecule has 3 heterocycles. The van der Waals surface area contributed by atoms with E-state index in [0.29, 0.717) is 19.6 Å². The lowest BCUT2D eigenvalue weighted by atomic mass is 10.1.